The number of thioether (sulfide) groups is 1. The Kier molecular flexibility index (Phi) is 4.65. The normalized spacial score (nSPS) is 23.8. The van der Waals surface area contributed by atoms with Crippen molar-refractivity contribution in [2.75, 3.05) is 18.1 Å². The van der Waals surface area contributed by atoms with Gasteiger partial charge in [-0.2, -0.15) is 0 Å². The second-order valence-electron chi connectivity index (χ2n) is 6.11. The molecule has 1 saturated heterocycles. The lowest BCUT2D eigenvalue weighted by Crippen LogP contribution is -2.25. The Bertz CT molecular complexity index is 486. The van der Waals surface area contributed by atoms with Crippen LogP contribution in [0, 0.1) is 0 Å². The average molecular weight is 307 g/mol. The smallest absolute Gasteiger partial charge is 0.120 e. The molecule has 0 bridgehead atoms. The van der Waals surface area contributed by atoms with Crippen LogP contribution in [0.2, 0.25) is 0 Å². The fraction of sp³-hybridized carbons (Fsp3) is 0.647. The molecule has 2 aliphatic rings. The number of hydrogen-bond donors (Lipinski definition) is 1. The molecule has 1 aromatic rings. The lowest BCUT2D eigenvalue weighted by molar-refractivity contribution is -0.0267. The summed E-state index contributed by atoms with van der Waals surface area (Å²) in [5.74, 6) is 1.88. The molecule has 1 heterocycles. The largest absolute Gasteiger partial charge is 0.494 e. The molecule has 2 N–H and O–H groups in total. The summed E-state index contributed by atoms with van der Waals surface area (Å²) in [6.07, 6.45) is 8.01. The van der Waals surface area contributed by atoms with Crippen molar-refractivity contribution in [1.82, 2.24) is 0 Å². The number of benzene rings is 1. The molecule has 0 radical (unpaired) electrons. The summed E-state index contributed by atoms with van der Waals surface area (Å²) < 4.78 is 11.9. The standard InChI is InChI=1S/C17H25NO2S/c1-2-19-13-5-6-15(18)16(11-13)21-12-14-7-10-17(20-14)8-3-4-9-17/h5-6,11,14H,2-4,7-10,12,18H2,1H3. The Labute approximate surface area is 131 Å². The molecule has 21 heavy (non-hydrogen) atoms. The molecule has 1 unspecified atom stereocenters. The SMILES string of the molecule is CCOc1ccc(N)c(SCC2CCC3(CCCC3)O2)c1. The van der Waals surface area contributed by atoms with E-state index in [1.807, 2.05) is 25.1 Å². The number of rotatable bonds is 5. The molecule has 116 valence electrons. The van der Waals surface area contributed by atoms with Crippen LogP contribution in [0.15, 0.2) is 23.1 Å². The van der Waals surface area contributed by atoms with Crippen molar-refractivity contribution in [3.8, 4) is 5.75 Å². The summed E-state index contributed by atoms with van der Waals surface area (Å²) in [4.78, 5) is 1.11. The van der Waals surface area contributed by atoms with Gasteiger partial charge in [0.15, 0.2) is 0 Å². The Morgan fingerprint density at radius 2 is 2.14 bits per heavy atom. The summed E-state index contributed by atoms with van der Waals surface area (Å²) in [6, 6.07) is 5.91. The number of hydrogen-bond acceptors (Lipinski definition) is 4. The number of anilines is 1. The van der Waals surface area contributed by atoms with E-state index in [4.69, 9.17) is 15.2 Å². The highest BCUT2D eigenvalue weighted by Gasteiger charge is 2.41. The molecule has 4 heteroatoms. The van der Waals surface area contributed by atoms with E-state index in [9.17, 15) is 0 Å². The Balaban J connectivity index is 1.56. The van der Waals surface area contributed by atoms with E-state index >= 15 is 0 Å². The average Bonchev–Trinajstić information content (AvgIpc) is 3.10. The van der Waals surface area contributed by atoms with Crippen LogP contribution in [-0.2, 0) is 4.74 Å². The van der Waals surface area contributed by atoms with Gasteiger partial charge in [-0.1, -0.05) is 12.8 Å². The summed E-state index contributed by atoms with van der Waals surface area (Å²) in [7, 11) is 0. The Hall–Kier alpha value is -0.870. The number of nitrogen functional groups attached to an aromatic ring is 1. The molecule has 2 fully saturated rings. The number of nitrogens with two attached hydrogens (primary N) is 1. The third kappa shape index (κ3) is 3.49. The molecule has 1 saturated carbocycles. The molecule has 3 rings (SSSR count). The minimum absolute atomic E-state index is 0.226. The van der Waals surface area contributed by atoms with Crippen molar-refractivity contribution in [3.63, 3.8) is 0 Å². The monoisotopic (exact) mass is 307 g/mol. The molecule has 1 spiro atoms. The molecular weight excluding hydrogens is 282 g/mol. The zero-order chi connectivity index (χ0) is 14.7. The Morgan fingerprint density at radius 3 is 2.90 bits per heavy atom. The molecule has 1 aliphatic carbocycles. The van der Waals surface area contributed by atoms with E-state index in [2.05, 4.69) is 0 Å². The van der Waals surface area contributed by atoms with Crippen LogP contribution in [0.3, 0.4) is 0 Å². The highest BCUT2D eigenvalue weighted by Crippen LogP contribution is 2.44. The van der Waals surface area contributed by atoms with E-state index in [0.717, 1.165) is 22.1 Å². The van der Waals surface area contributed by atoms with Gasteiger partial charge in [0.2, 0.25) is 0 Å². The first kappa shape index (κ1) is 15.0. The summed E-state index contributed by atoms with van der Waals surface area (Å²) in [6.45, 7) is 2.68. The van der Waals surface area contributed by atoms with Crippen molar-refractivity contribution < 1.29 is 9.47 Å². The van der Waals surface area contributed by atoms with Crippen LogP contribution >= 0.6 is 11.8 Å². The van der Waals surface area contributed by atoms with Gasteiger partial charge in [0.05, 0.1) is 18.3 Å². The lowest BCUT2D eigenvalue weighted by Gasteiger charge is -2.23. The van der Waals surface area contributed by atoms with E-state index in [-0.39, 0.29) is 5.60 Å². The van der Waals surface area contributed by atoms with Crippen molar-refractivity contribution in [2.24, 2.45) is 0 Å². The van der Waals surface area contributed by atoms with Gasteiger partial charge in [0.1, 0.15) is 5.75 Å². The first-order valence-electron chi connectivity index (χ1n) is 8.04. The van der Waals surface area contributed by atoms with E-state index in [0.29, 0.717) is 12.7 Å². The van der Waals surface area contributed by atoms with Gasteiger partial charge in [-0.15, -0.1) is 11.8 Å². The molecular formula is C17H25NO2S. The van der Waals surface area contributed by atoms with Gasteiger partial charge < -0.3 is 15.2 Å². The van der Waals surface area contributed by atoms with Crippen molar-refractivity contribution in [1.29, 1.82) is 0 Å². The molecule has 1 atom stereocenters. The number of ether oxygens (including phenoxy) is 2. The highest BCUT2D eigenvalue weighted by atomic mass is 32.2. The first-order chi connectivity index (χ1) is 10.2. The minimum Gasteiger partial charge on any atom is -0.494 e. The van der Waals surface area contributed by atoms with Crippen molar-refractivity contribution in [2.45, 2.75) is 62.0 Å². The third-order valence-corrected chi connectivity index (χ3v) is 5.78. The van der Waals surface area contributed by atoms with Gasteiger partial charge in [0.25, 0.3) is 0 Å². The predicted octanol–water partition coefficient (Wildman–Crippen LogP) is 4.25. The van der Waals surface area contributed by atoms with Crippen LogP contribution < -0.4 is 10.5 Å². The quantitative estimate of drug-likeness (QED) is 0.652. The van der Waals surface area contributed by atoms with Gasteiger partial charge in [0, 0.05) is 16.3 Å². The minimum atomic E-state index is 0.226. The van der Waals surface area contributed by atoms with Gasteiger partial charge >= 0.3 is 0 Å². The maximum absolute atomic E-state index is 6.36. The Morgan fingerprint density at radius 1 is 1.33 bits per heavy atom. The second-order valence-corrected chi connectivity index (χ2v) is 7.17. The molecule has 1 aliphatic heterocycles. The topological polar surface area (TPSA) is 44.5 Å². The second kappa shape index (κ2) is 6.49. The predicted molar refractivity (Wildman–Crippen MR) is 88.1 cm³/mol. The zero-order valence-corrected chi connectivity index (χ0v) is 13.6. The maximum atomic E-state index is 6.36. The summed E-state index contributed by atoms with van der Waals surface area (Å²) in [5, 5.41) is 0. The van der Waals surface area contributed by atoms with E-state index in [1.54, 1.807) is 11.8 Å². The van der Waals surface area contributed by atoms with E-state index in [1.165, 1.54) is 38.5 Å². The maximum Gasteiger partial charge on any atom is 0.120 e. The first-order valence-corrected chi connectivity index (χ1v) is 9.02. The molecule has 3 nitrogen and oxygen atoms in total. The van der Waals surface area contributed by atoms with Crippen molar-refractivity contribution >= 4 is 17.4 Å². The van der Waals surface area contributed by atoms with Gasteiger partial charge in [-0.05, 0) is 50.8 Å². The fourth-order valence-electron chi connectivity index (χ4n) is 3.48. The zero-order valence-electron chi connectivity index (χ0n) is 12.8. The van der Waals surface area contributed by atoms with E-state index < -0.39 is 0 Å². The van der Waals surface area contributed by atoms with Gasteiger partial charge in [-0.3, -0.25) is 0 Å². The fourth-order valence-corrected chi connectivity index (χ4v) is 4.51. The third-order valence-electron chi connectivity index (χ3n) is 4.57. The van der Waals surface area contributed by atoms with Crippen LogP contribution in [0.4, 0.5) is 5.69 Å². The van der Waals surface area contributed by atoms with Crippen LogP contribution in [-0.4, -0.2) is 24.1 Å². The van der Waals surface area contributed by atoms with Crippen LogP contribution in [0.25, 0.3) is 0 Å². The summed E-state index contributed by atoms with van der Waals surface area (Å²) in [5.41, 5.74) is 7.13. The van der Waals surface area contributed by atoms with Crippen molar-refractivity contribution in [3.05, 3.63) is 18.2 Å². The molecule has 0 amide bonds. The van der Waals surface area contributed by atoms with Gasteiger partial charge in [-0.25, -0.2) is 0 Å². The molecule has 0 aromatic heterocycles. The molecule has 1 aromatic carbocycles. The summed E-state index contributed by atoms with van der Waals surface area (Å²) >= 11 is 1.80. The lowest BCUT2D eigenvalue weighted by atomic mass is 9.98. The highest BCUT2D eigenvalue weighted by molar-refractivity contribution is 7.99. The van der Waals surface area contributed by atoms with Crippen LogP contribution in [0.5, 0.6) is 5.75 Å². The van der Waals surface area contributed by atoms with Crippen LogP contribution in [0.1, 0.15) is 45.4 Å².